The normalized spacial score (nSPS) is 17.9. The molecule has 2 heterocycles. The highest BCUT2D eigenvalue weighted by atomic mass is 16.3. The van der Waals surface area contributed by atoms with Gasteiger partial charge in [-0.25, -0.2) is 4.98 Å². The lowest BCUT2D eigenvalue weighted by Crippen LogP contribution is -2.37. The van der Waals surface area contributed by atoms with E-state index in [1.165, 1.54) is 6.42 Å². The molecule has 2 rings (SSSR count). The van der Waals surface area contributed by atoms with Gasteiger partial charge in [-0.3, -0.25) is 4.79 Å². The van der Waals surface area contributed by atoms with Crippen LogP contribution in [0.5, 0.6) is 0 Å². The van der Waals surface area contributed by atoms with Crippen LogP contribution in [0.3, 0.4) is 0 Å². The SMILES string of the molecule is CCC(C)C(O)CNC(=O)c1cccnc1N1CCCCC1. The van der Waals surface area contributed by atoms with Gasteiger partial charge < -0.3 is 15.3 Å². The van der Waals surface area contributed by atoms with Crippen molar-refractivity contribution in [2.75, 3.05) is 24.5 Å². The number of carbonyl (C=O) groups excluding carboxylic acids is 1. The van der Waals surface area contributed by atoms with Gasteiger partial charge in [-0.2, -0.15) is 0 Å². The molecule has 1 aliphatic heterocycles. The number of nitrogens with one attached hydrogen (secondary N) is 1. The fourth-order valence-corrected chi connectivity index (χ4v) is 2.70. The standard InChI is InChI=1S/C17H27N3O2/c1-3-13(2)15(21)12-19-17(22)14-8-7-9-18-16(14)20-10-5-4-6-11-20/h7-9,13,15,21H,3-6,10-12H2,1-2H3,(H,19,22). The smallest absolute Gasteiger partial charge is 0.255 e. The number of aromatic nitrogens is 1. The fraction of sp³-hybridized carbons (Fsp3) is 0.647. The monoisotopic (exact) mass is 305 g/mol. The predicted octanol–water partition coefficient (Wildman–Crippen LogP) is 2.21. The fourth-order valence-electron chi connectivity index (χ4n) is 2.70. The van der Waals surface area contributed by atoms with E-state index >= 15 is 0 Å². The second-order valence-electron chi connectivity index (χ2n) is 6.09. The molecule has 1 saturated heterocycles. The molecule has 5 nitrogen and oxygen atoms in total. The molecule has 1 fully saturated rings. The predicted molar refractivity (Wildman–Crippen MR) is 88.1 cm³/mol. The van der Waals surface area contributed by atoms with Gasteiger partial charge in [0.25, 0.3) is 5.91 Å². The van der Waals surface area contributed by atoms with Crippen molar-refractivity contribution in [1.82, 2.24) is 10.3 Å². The van der Waals surface area contributed by atoms with Gasteiger partial charge in [-0.15, -0.1) is 0 Å². The highest BCUT2D eigenvalue weighted by Gasteiger charge is 2.20. The van der Waals surface area contributed by atoms with Gasteiger partial charge in [0.2, 0.25) is 0 Å². The van der Waals surface area contributed by atoms with Crippen molar-refractivity contribution in [1.29, 1.82) is 0 Å². The van der Waals surface area contributed by atoms with Gasteiger partial charge in [0, 0.05) is 25.8 Å². The summed E-state index contributed by atoms with van der Waals surface area (Å²) in [4.78, 5) is 19.0. The number of amides is 1. The maximum absolute atomic E-state index is 12.4. The van der Waals surface area contributed by atoms with Crippen LogP contribution < -0.4 is 10.2 Å². The second kappa shape index (κ2) is 8.13. The molecule has 5 heteroatoms. The summed E-state index contributed by atoms with van der Waals surface area (Å²) in [5.74, 6) is 0.782. The van der Waals surface area contributed by atoms with Crippen LogP contribution in [0.15, 0.2) is 18.3 Å². The zero-order chi connectivity index (χ0) is 15.9. The molecule has 122 valence electrons. The lowest BCUT2D eigenvalue weighted by atomic mass is 10.0. The van der Waals surface area contributed by atoms with Gasteiger partial charge in [0.05, 0.1) is 11.7 Å². The molecule has 0 aromatic carbocycles. The Morgan fingerprint density at radius 2 is 2.14 bits per heavy atom. The Balaban J connectivity index is 2.03. The van der Waals surface area contributed by atoms with Gasteiger partial charge in [-0.05, 0) is 37.3 Å². The number of aliphatic hydroxyl groups is 1. The number of nitrogens with zero attached hydrogens (tertiary/aromatic N) is 2. The number of anilines is 1. The number of hydrogen-bond acceptors (Lipinski definition) is 4. The van der Waals surface area contributed by atoms with Crippen molar-refractivity contribution in [2.45, 2.75) is 45.6 Å². The Morgan fingerprint density at radius 3 is 2.82 bits per heavy atom. The van der Waals surface area contributed by atoms with Gasteiger partial charge in [0.15, 0.2) is 0 Å². The molecule has 0 bridgehead atoms. The Bertz CT molecular complexity index is 487. The topological polar surface area (TPSA) is 65.5 Å². The maximum Gasteiger partial charge on any atom is 0.255 e. The minimum atomic E-state index is -0.510. The van der Waals surface area contributed by atoms with Gasteiger partial charge in [-0.1, -0.05) is 20.3 Å². The number of piperidine rings is 1. The molecular weight excluding hydrogens is 278 g/mol. The van der Waals surface area contributed by atoms with Crippen molar-refractivity contribution in [3.05, 3.63) is 23.9 Å². The first-order valence-electron chi connectivity index (χ1n) is 8.29. The number of aliphatic hydroxyl groups excluding tert-OH is 1. The quantitative estimate of drug-likeness (QED) is 0.846. The minimum Gasteiger partial charge on any atom is -0.391 e. The van der Waals surface area contributed by atoms with Crippen LogP contribution in [-0.2, 0) is 0 Å². The van der Waals surface area contributed by atoms with E-state index in [0.717, 1.165) is 38.2 Å². The largest absolute Gasteiger partial charge is 0.391 e. The summed E-state index contributed by atoms with van der Waals surface area (Å²) in [7, 11) is 0. The lowest BCUT2D eigenvalue weighted by Gasteiger charge is -2.29. The van der Waals surface area contributed by atoms with E-state index in [1.807, 2.05) is 19.9 Å². The van der Waals surface area contributed by atoms with E-state index in [4.69, 9.17) is 0 Å². The molecule has 0 aliphatic carbocycles. The third kappa shape index (κ3) is 4.19. The molecule has 2 N–H and O–H groups in total. The van der Waals surface area contributed by atoms with E-state index < -0.39 is 6.10 Å². The molecule has 0 radical (unpaired) electrons. The molecule has 1 aliphatic rings. The minimum absolute atomic E-state index is 0.156. The van der Waals surface area contributed by atoms with Crippen LogP contribution in [0.1, 0.15) is 49.9 Å². The van der Waals surface area contributed by atoms with Crippen LogP contribution in [0.25, 0.3) is 0 Å². The van der Waals surface area contributed by atoms with E-state index in [0.29, 0.717) is 5.56 Å². The van der Waals surface area contributed by atoms with Crippen LogP contribution >= 0.6 is 0 Å². The van der Waals surface area contributed by atoms with Crippen LogP contribution in [0.2, 0.25) is 0 Å². The molecule has 1 aromatic rings. The average molecular weight is 305 g/mol. The highest BCUT2D eigenvalue weighted by Crippen LogP contribution is 2.21. The van der Waals surface area contributed by atoms with Crippen LogP contribution in [0, 0.1) is 5.92 Å². The molecular formula is C17H27N3O2. The molecule has 22 heavy (non-hydrogen) atoms. The third-order valence-electron chi connectivity index (χ3n) is 4.46. The summed E-state index contributed by atoms with van der Waals surface area (Å²) in [6.07, 6.45) is 5.64. The summed E-state index contributed by atoms with van der Waals surface area (Å²) in [6, 6.07) is 3.59. The Morgan fingerprint density at radius 1 is 1.41 bits per heavy atom. The molecule has 0 saturated carbocycles. The molecule has 2 unspecified atom stereocenters. The maximum atomic E-state index is 12.4. The van der Waals surface area contributed by atoms with Gasteiger partial charge in [0.1, 0.15) is 5.82 Å². The van der Waals surface area contributed by atoms with E-state index in [-0.39, 0.29) is 18.4 Å². The van der Waals surface area contributed by atoms with Crippen LogP contribution in [0.4, 0.5) is 5.82 Å². The molecule has 1 aromatic heterocycles. The summed E-state index contributed by atoms with van der Waals surface area (Å²) < 4.78 is 0. The number of carbonyl (C=O) groups is 1. The Kier molecular flexibility index (Phi) is 6.19. The summed E-state index contributed by atoms with van der Waals surface area (Å²) in [6.45, 7) is 6.20. The molecule has 1 amide bonds. The van der Waals surface area contributed by atoms with E-state index in [9.17, 15) is 9.90 Å². The lowest BCUT2D eigenvalue weighted by molar-refractivity contribution is 0.0850. The second-order valence-corrected chi connectivity index (χ2v) is 6.09. The summed E-state index contributed by atoms with van der Waals surface area (Å²) in [5, 5.41) is 12.8. The highest BCUT2D eigenvalue weighted by molar-refractivity contribution is 5.98. The van der Waals surface area contributed by atoms with Crippen molar-refractivity contribution in [2.24, 2.45) is 5.92 Å². The van der Waals surface area contributed by atoms with Crippen molar-refractivity contribution < 1.29 is 9.90 Å². The zero-order valence-corrected chi connectivity index (χ0v) is 13.6. The Labute approximate surface area is 132 Å². The first-order valence-corrected chi connectivity index (χ1v) is 8.29. The van der Waals surface area contributed by atoms with Crippen LogP contribution in [-0.4, -0.2) is 41.7 Å². The number of pyridine rings is 1. The first-order chi connectivity index (χ1) is 10.6. The number of rotatable bonds is 6. The summed E-state index contributed by atoms with van der Waals surface area (Å²) in [5.41, 5.74) is 0.598. The van der Waals surface area contributed by atoms with E-state index in [2.05, 4.69) is 15.2 Å². The van der Waals surface area contributed by atoms with Crippen molar-refractivity contribution in [3.63, 3.8) is 0 Å². The molecule has 0 spiro atoms. The number of hydrogen-bond donors (Lipinski definition) is 2. The average Bonchev–Trinajstić information content (AvgIpc) is 2.59. The van der Waals surface area contributed by atoms with E-state index in [1.54, 1.807) is 12.3 Å². The zero-order valence-electron chi connectivity index (χ0n) is 13.6. The third-order valence-corrected chi connectivity index (χ3v) is 4.46. The van der Waals surface area contributed by atoms with Crippen molar-refractivity contribution >= 4 is 11.7 Å². The van der Waals surface area contributed by atoms with Gasteiger partial charge >= 0.3 is 0 Å². The van der Waals surface area contributed by atoms with Crippen molar-refractivity contribution in [3.8, 4) is 0 Å². The molecule has 2 atom stereocenters. The Hall–Kier alpha value is -1.62. The first kappa shape index (κ1) is 16.7. The summed E-state index contributed by atoms with van der Waals surface area (Å²) >= 11 is 0.